The lowest BCUT2D eigenvalue weighted by atomic mass is 10.2. The first kappa shape index (κ1) is 14.4. The second-order valence-corrected chi connectivity index (χ2v) is 5.15. The third kappa shape index (κ3) is 3.03. The fraction of sp³-hybridized carbons (Fsp3) is 0.235. The highest BCUT2D eigenvalue weighted by Crippen LogP contribution is 2.33. The first-order valence-corrected chi connectivity index (χ1v) is 7.08. The van der Waals surface area contributed by atoms with Gasteiger partial charge in [0.1, 0.15) is 23.4 Å². The molecule has 0 aromatic heterocycles. The molecule has 1 aliphatic heterocycles. The average molecular weight is 301 g/mol. The Morgan fingerprint density at radius 1 is 1.32 bits per heavy atom. The lowest BCUT2D eigenvalue weighted by molar-refractivity contribution is -0.121. The largest absolute Gasteiger partial charge is 0.487 e. The van der Waals surface area contributed by atoms with E-state index in [1.807, 2.05) is 31.2 Å². The smallest absolute Gasteiger partial charge is 0.265 e. The van der Waals surface area contributed by atoms with Gasteiger partial charge in [0.15, 0.2) is 6.61 Å². The van der Waals surface area contributed by atoms with E-state index >= 15 is 0 Å². The highest BCUT2D eigenvalue weighted by Gasteiger charge is 2.27. The molecule has 0 spiro atoms. The van der Waals surface area contributed by atoms with Crippen LogP contribution in [0.5, 0.6) is 11.5 Å². The molecule has 0 saturated heterocycles. The number of fused-ring (bicyclic) bond motifs is 1. The van der Waals surface area contributed by atoms with Crippen molar-refractivity contribution in [3.05, 3.63) is 54.3 Å². The van der Waals surface area contributed by atoms with Crippen LogP contribution in [0, 0.1) is 5.82 Å². The molecule has 2 aromatic carbocycles. The Morgan fingerprint density at radius 3 is 2.95 bits per heavy atom. The number of halogens is 1. The van der Waals surface area contributed by atoms with Crippen molar-refractivity contribution in [3.63, 3.8) is 0 Å². The van der Waals surface area contributed by atoms with Crippen LogP contribution >= 0.6 is 0 Å². The summed E-state index contributed by atoms with van der Waals surface area (Å²) in [5.41, 5.74) is 0.730. The number of rotatable bonds is 3. The second kappa shape index (κ2) is 6.05. The van der Waals surface area contributed by atoms with Gasteiger partial charge in [-0.1, -0.05) is 18.2 Å². The Morgan fingerprint density at radius 2 is 2.14 bits per heavy atom. The predicted molar refractivity (Wildman–Crippen MR) is 80.8 cm³/mol. The van der Waals surface area contributed by atoms with Gasteiger partial charge in [0.2, 0.25) is 0 Å². The maximum Gasteiger partial charge on any atom is 0.265 e. The molecule has 0 aliphatic carbocycles. The summed E-state index contributed by atoms with van der Waals surface area (Å²) in [6.07, 6.45) is -0.0898. The molecule has 5 heteroatoms. The molecule has 2 aromatic rings. The number of amides is 1. The van der Waals surface area contributed by atoms with Crippen LogP contribution in [0.3, 0.4) is 0 Å². The van der Waals surface area contributed by atoms with E-state index in [-0.39, 0.29) is 18.6 Å². The molecule has 4 nitrogen and oxygen atoms in total. The highest BCUT2D eigenvalue weighted by atomic mass is 19.1. The van der Waals surface area contributed by atoms with Gasteiger partial charge >= 0.3 is 0 Å². The zero-order valence-corrected chi connectivity index (χ0v) is 12.2. The number of para-hydroxylation sites is 2. The summed E-state index contributed by atoms with van der Waals surface area (Å²) in [7, 11) is 0. The van der Waals surface area contributed by atoms with E-state index < -0.39 is 5.82 Å². The Kier molecular flexibility index (Phi) is 3.96. The van der Waals surface area contributed by atoms with Gasteiger partial charge in [-0.3, -0.25) is 4.79 Å². The minimum atomic E-state index is -0.393. The Balaban J connectivity index is 1.72. The number of anilines is 1. The minimum absolute atomic E-state index is 0.0898. The van der Waals surface area contributed by atoms with Crippen molar-refractivity contribution >= 4 is 11.6 Å². The molecule has 0 fully saturated rings. The molecule has 0 radical (unpaired) electrons. The molecule has 114 valence electrons. The Bertz CT molecular complexity index is 689. The lowest BCUT2D eigenvalue weighted by Crippen LogP contribution is -2.44. The van der Waals surface area contributed by atoms with Crippen LogP contribution in [0.4, 0.5) is 10.1 Å². The number of nitrogens with zero attached hydrogens (tertiary/aromatic N) is 1. The van der Waals surface area contributed by atoms with Crippen molar-refractivity contribution in [3.8, 4) is 11.5 Å². The summed E-state index contributed by atoms with van der Waals surface area (Å²) in [5, 5.41) is 0. The maximum absolute atomic E-state index is 13.1. The standard InChI is InChI=1S/C17H16FNO3/c1-12-10-19(15-7-2-3-8-16(15)22-12)17(20)11-21-14-6-4-5-13(18)9-14/h2-9,12H,10-11H2,1H3. The Labute approximate surface area is 128 Å². The molecular formula is C17H16FNO3. The summed E-state index contributed by atoms with van der Waals surface area (Å²) in [5.74, 6) is 0.436. The van der Waals surface area contributed by atoms with Gasteiger partial charge in [0, 0.05) is 6.07 Å². The monoisotopic (exact) mass is 301 g/mol. The van der Waals surface area contributed by atoms with Gasteiger partial charge in [-0.2, -0.15) is 0 Å². The summed E-state index contributed by atoms with van der Waals surface area (Å²) in [6, 6.07) is 13.1. The van der Waals surface area contributed by atoms with E-state index in [2.05, 4.69) is 0 Å². The number of hydrogen-bond acceptors (Lipinski definition) is 3. The topological polar surface area (TPSA) is 38.8 Å². The van der Waals surface area contributed by atoms with Crippen LogP contribution in [0.15, 0.2) is 48.5 Å². The van der Waals surface area contributed by atoms with E-state index in [0.29, 0.717) is 18.0 Å². The number of ether oxygens (including phenoxy) is 2. The van der Waals surface area contributed by atoms with E-state index in [0.717, 1.165) is 5.69 Å². The van der Waals surface area contributed by atoms with Crippen molar-refractivity contribution in [2.75, 3.05) is 18.1 Å². The molecule has 22 heavy (non-hydrogen) atoms. The Hall–Kier alpha value is -2.56. The molecule has 0 saturated carbocycles. The van der Waals surface area contributed by atoms with E-state index in [9.17, 15) is 9.18 Å². The molecule has 1 heterocycles. The first-order chi connectivity index (χ1) is 10.6. The third-order valence-electron chi connectivity index (χ3n) is 3.38. The van der Waals surface area contributed by atoms with Crippen LogP contribution in [0.1, 0.15) is 6.92 Å². The van der Waals surface area contributed by atoms with Crippen LogP contribution in [-0.4, -0.2) is 25.2 Å². The summed E-state index contributed by atoms with van der Waals surface area (Å²) < 4.78 is 24.2. The van der Waals surface area contributed by atoms with Crippen LogP contribution in [0.2, 0.25) is 0 Å². The second-order valence-electron chi connectivity index (χ2n) is 5.15. The van der Waals surface area contributed by atoms with Gasteiger partial charge < -0.3 is 14.4 Å². The highest BCUT2D eigenvalue weighted by molar-refractivity contribution is 5.96. The SMILES string of the molecule is CC1CN(C(=O)COc2cccc(F)c2)c2ccccc2O1. The molecule has 0 N–H and O–H groups in total. The molecule has 1 atom stereocenters. The summed E-state index contributed by atoms with van der Waals surface area (Å²) in [4.78, 5) is 14.1. The molecule has 0 bridgehead atoms. The van der Waals surface area contributed by atoms with Crippen LogP contribution in [0.25, 0.3) is 0 Å². The van der Waals surface area contributed by atoms with E-state index in [1.54, 1.807) is 17.0 Å². The molecule has 3 rings (SSSR count). The van der Waals surface area contributed by atoms with Gasteiger partial charge in [-0.25, -0.2) is 4.39 Å². The fourth-order valence-electron chi connectivity index (χ4n) is 2.41. The van der Waals surface area contributed by atoms with Gasteiger partial charge in [0.05, 0.1) is 12.2 Å². The summed E-state index contributed by atoms with van der Waals surface area (Å²) >= 11 is 0. The van der Waals surface area contributed by atoms with Crippen molar-refractivity contribution in [2.45, 2.75) is 13.0 Å². The van der Waals surface area contributed by atoms with Crippen LogP contribution < -0.4 is 14.4 Å². The van der Waals surface area contributed by atoms with E-state index in [1.165, 1.54) is 12.1 Å². The normalized spacial score (nSPS) is 16.6. The number of carbonyl (C=O) groups excluding carboxylic acids is 1. The maximum atomic E-state index is 13.1. The van der Waals surface area contributed by atoms with Gasteiger partial charge in [-0.15, -0.1) is 0 Å². The average Bonchev–Trinajstić information content (AvgIpc) is 2.52. The molecule has 1 unspecified atom stereocenters. The van der Waals surface area contributed by atoms with Gasteiger partial charge in [0.25, 0.3) is 5.91 Å². The third-order valence-corrected chi connectivity index (χ3v) is 3.38. The van der Waals surface area contributed by atoms with Crippen LogP contribution in [-0.2, 0) is 4.79 Å². The van der Waals surface area contributed by atoms with Crippen molar-refractivity contribution < 1.29 is 18.7 Å². The fourth-order valence-corrected chi connectivity index (χ4v) is 2.41. The molecular weight excluding hydrogens is 285 g/mol. The first-order valence-electron chi connectivity index (χ1n) is 7.08. The number of benzene rings is 2. The molecule has 1 amide bonds. The van der Waals surface area contributed by atoms with Crippen molar-refractivity contribution in [1.82, 2.24) is 0 Å². The van der Waals surface area contributed by atoms with Crippen molar-refractivity contribution in [1.29, 1.82) is 0 Å². The quantitative estimate of drug-likeness (QED) is 0.874. The van der Waals surface area contributed by atoms with Gasteiger partial charge in [-0.05, 0) is 31.2 Å². The predicted octanol–water partition coefficient (Wildman–Crippen LogP) is 3.02. The van der Waals surface area contributed by atoms with Crippen molar-refractivity contribution in [2.24, 2.45) is 0 Å². The minimum Gasteiger partial charge on any atom is -0.487 e. The zero-order chi connectivity index (χ0) is 15.5. The van der Waals surface area contributed by atoms with E-state index in [4.69, 9.17) is 9.47 Å². The molecule has 1 aliphatic rings. The lowest BCUT2D eigenvalue weighted by Gasteiger charge is -2.33. The number of carbonyl (C=O) groups is 1. The number of hydrogen-bond donors (Lipinski definition) is 0. The summed E-state index contributed by atoms with van der Waals surface area (Å²) in [6.45, 7) is 2.22. The zero-order valence-electron chi connectivity index (χ0n) is 12.2.